The first-order valence-electron chi connectivity index (χ1n) is 9.40. The van der Waals surface area contributed by atoms with E-state index < -0.39 is 0 Å². The Kier molecular flexibility index (Phi) is 4.74. The molecule has 4 nitrogen and oxygen atoms in total. The molecule has 4 heteroatoms. The van der Waals surface area contributed by atoms with Gasteiger partial charge in [0.15, 0.2) is 0 Å². The Labute approximate surface area is 154 Å². The molecule has 4 rings (SSSR count). The zero-order chi connectivity index (χ0) is 17.9. The SMILES string of the molecule is O=C(NC[C@H]1C[C@H]1c1ccccc1)c1cccc(CN2CCCC2=O)c1. The van der Waals surface area contributed by atoms with Crippen molar-refractivity contribution in [2.45, 2.75) is 31.7 Å². The first-order valence-corrected chi connectivity index (χ1v) is 9.40. The lowest BCUT2D eigenvalue weighted by molar-refractivity contribution is -0.128. The molecular weight excluding hydrogens is 324 g/mol. The molecule has 0 bridgehead atoms. The molecule has 134 valence electrons. The van der Waals surface area contributed by atoms with Crippen LogP contribution < -0.4 is 5.32 Å². The molecule has 2 amide bonds. The summed E-state index contributed by atoms with van der Waals surface area (Å²) in [7, 11) is 0. The largest absolute Gasteiger partial charge is 0.352 e. The molecule has 2 atom stereocenters. The first-order chi connectivity index (χ1) is 12.7. The van der Waals surface area contributed by atoms with Crippen molar-refractivity contribution in [3.8, 4) is 0 Å². The molecule has 1 aliphatic heterocycles. The van der Waals surface area contributed by atoms with E-state index in [9.17, 15) is 9.59 Å². The highest BCUT2D eigenvalue weighted by Gasteiger charge is 2.38. The van der Waals surface area contributed by atoms with Crippen LogP contribution in [-0.4, -0.2) is 29.8 Å². The van der Waals surface area contributed by atoms with Gasteiger partial charge < -0.3 is 10.2 Å². The van der Waals surface area contributed by atoms with Gasteiger partial charge in [-0.15, -0.1) is 0 Å². The Morgan fingerprint density at radius 1 is 1.12 bits per heavy atom. The van der Waals surface area contributed by atoms with Crippen molar-refractivity contribution in [1.82, 2.24) is 10.2 Å². The molecule has 1 aliphatic carbocycles. The van der Waals surface area contributed by atoms with Crippen molar-refractivity contribution in [3.63, 3.8) is 0 Å². The van der Waals surface area contributed by atoms with E-state index in [1.54, 1.807) is 0 Å². The van der Waals surface area contributed by atoms with Crippen LogP contribution in [0.25, 0.3) is 0 Å². The number of amides is 2. The van der Waals surface area contributed by atoms with E-state index in [0.717, 1.165) is 24.9 Å². The molecule has 2 aromatic rings. The van der Waals surface area contributed by atoms with Crippen LogP contribution in [0.15, 0.2) is 54.6 Å². The van der Waals surface area contributed by atoms with Crippen LogP contribution >= 0.6 is 0 Å². The number of likely N-dealkylation sites (tertiary alicyclic amines) is 1. The number of benzene rings is 2. The van der Waals surface area contributed by atoms with Gasteiger partial charge in [-0.3, -0.25) is 9.59 Å². The summed E-state index contributed by atoms with van der Waals surface area (Å²) >= 11 is 0. The van der Waals surface area contributed by atoms with Gasteiger partial charge in [0, 0.05) is 31.6 Å². The van der Waals surface area contributed by atoms with E-state index in [-0.39, 0.29) is 11.8 Å². The third kappa shape index (κ3) is 3.79. The highest BCUT2D eigenvalue weighted by atomic mass is 16.2. The second-order valence-electron chi connectivity index (χ2n) is 7.34. The summed E-state index contributed by atoms with van der Waals surface area (Å²) in [5.41, 5.74) is 3.05. The summed E-state index contributed by atoms with van der Waals surface area (Å²) in [6.45, 7) is 2.13. The Balaban J connectivity index is 1.31. The number of nitrogens with zero attached hydrogens (tertiary/aromatic N) is 1. The van der Waals surface area contributed by atoms with Crippen LogP contribution in [-0.2, 0) is 11.3 Å². The summed E-state index contributed by atoms with van der Waals surface area (Å²) in [6.07, 6.45) is 2.72. The molecule has 0 aromatic heterocycles. The van der Waals surface area contributed by atoms with Crippen LogP contribution in [0.2, 0.25) is 0 Å². The zero-order valence-electron chi connectivity index (χ0n) is 14.9. The Morgan fingerprint density at radius 2 is 1.96 bits per heavy atom. The van der Waals surface area contributed by atoms with Gasteiger partial charge in [-0.1, -0.05) is 42.5 Å². The smallest absolute Gasteiger partial charge is 0.251 e. The fourth-order valence-electron chi connectivity index (χ4n) is 3.81. The monoisotopic (exact) mass is 348 g/mol. The predicted molar refractivity (Wildman–Crippen MR) is 101 cm³/mol. The molecule has 1 N–H and O–H groups in total. The topological polar surface area (TPSA) is 49.4 Å². The third-order valence-electron chi connectivity index (χ3n) is 5.41. The second kappa shape index (κ2) is 7.32. The molecule has 2 aliphatic rings. The van der Waals surface area contributed by atoms with Crippen LogP contribution in [0.3, 0.4) is 0 Å². The standard InChI is InChI=1S/C22H24N2O2/c25-21-10-5-11-24(21)15-16-6-4-9-18(12-16)22(26)23-14-19-13-20(19)17-7-2-1-3-8-17/h1-4,6-9,12,19-20H,5,10-11,13-15H2,(H,23,26)/t19-,20+/m1/s1. The number of carbonyl (C=O) groups is 2. The van der Waals surface area contributed by atoms with Crippen LogP contribution in [0.1, 0.15) is 46.7 Å². The Bertz CT molecular complexity index is 803. The molecule has 0 unspecified atom stereocenters. The van der Waals surface area contributed by atoms with Crippen molar-refractivity contribution < 1.29 is 9.59 Å². The summed E-state index contributed by atoms with van der Waals surface area (Å²) in [6, 6.07) is 18.1. The fraction of sp³-hybridized carbons (Fsp3) is 0.364. The lowest BCUT2D eigenvalue weighted by Crippen LogP contribution is -2.27. The van der Waals surface area contributed by atoms with E-state index >= 15 is 0 Å². The normalized spacial score (nSPS) is 21.7. The van der Waals surface area contributed by atoms with Crippen LogP contribution in [0, 0.1) is 5.92 Å². The minimum absolute atomic E-state index is 0.0293. The van der Waals surface area contributed by atoms with Crippen molar-refractivity contribution in [3.05, 3.63) is 71.3 Å². The van der Waals surface area contributed by atoms with Crippen molar-refractivity contribution in [1.29, 1.82) is 0 Å². The zero-order valence-corrected chi connectivity index (χ0v) is 14.9. The second-order valence-corrected chi connectivity index (χ2v) is 7.34. The lowest BCUT2D eigenvalue weighted by atomic mass is 10.1. The highest BCUT2D eigenvalue weighted by molar-refractivity contribution is 5.94. The number of hydrogen-bond acceptors (Lipinski definition) is 2. The summed E-state index contributed by atoms with van der Waals surface area (Å²) in [5.74, 6) is 1.29. The van der Waals surface area contributed by atoms with Gasteiger partial charge in [-0.25, -0.2) is 0 Å². The number of carbonyl (C=O) groups excluding carboxylic acids is 2. The van der Waals surface area contributed by atoms with E-state index in [0.29, 0.717) is 36.9 Å². The van der Waals surface area contributed by atoms with Crippen molar-refractivity contribution in [2.75, 3.05) is 13.1 Å². The molecule has 1 heterocycles. The van der Waals surface area contributed by atoms with Crippen molar-refractivity contribution >= 4 is 11.8 Å². The molecule has 1 saturated heterocycles. The van der Waals surface area contributed by atoms with Gasteiger partial charge in [0.25, 0.3) is 5.91 Å². The molecule has 0 spiro atoms. The lowest BCUT2D eigenvalue weighted by Gasteiger charge is -2.16. The number of hydrogen-bond donors (Lipinski definition) is 1. The highest BCUT2D eigenvalue weighted by Crippen LogP contribution is 2.46. The number of rotatable bonds is 6. The molecule has 2 aromatic carbocycles. The number of nitrogens with one attached hydrogen (secondary N) is 1. The predicted octanol–water partition coefficient (Wildman–Crippen LogP) is 3.34. The van der Waals surface area contributed by atoms with E-state index in [1.165, 1.54) is 5.56 Å². The Hall–Kier alpha value is -2.62. The van der Waals surface area contributed by atoms with E-state index in [4.69, 9.17) is 0 Å². The average molecular weight is 348 g/mol. The van der Waals surface area contributed by atoms with Gasteiger partial charge in [-0.05, 0) is 47.9 Å². The molecule has 1 saturated carbocycles. The molecule has 26 heavy (non-hydrogen) atoms. The maximum absolute atomic E-state index is 12.5. The van der Waals surface area contributed by atoms with Gasteiger partial charge in [0.2, 0.25) is 5.91 Å². The summed E-state index contributed by atoms with van der Waals surface area (Å²) in [5, 5.41) is 3.07. The van der Waals surface area contributed by atoms with Crippen LogP contribution in [0.4, 0.5) is 0 Å². The summed E-state index contributed by atoms with van der Waals surface area (Å²) < 4.78 is 0. The van der Waals surface area contributed by atoms with Gasteiger partial charge in [0.05, 0.1) is 0 Å². The van der Waals surface area contributed by atoms with Crippen molar-refractivity contribution in [2.24, 2.45) is 5.92 Å². The first kappa shape index (κ1) is 16.8. The minimum atomic E-state index is -0.0293. The van der Waals surface area contributed by atoms with Gasteiger partial charge >= 0.3 is 0 Å². The molecule has 0 radical (unpaired) electrons. The quantitative estimate of drug-likeness (QED) is 0.870. The summed E-state index contributed by atoms with van der Waals surface area (Å²) in [4.78, 5) is 26.1. The van der Waals surface area contributed by atoms with Gasteiger partial charge in [0.1, 0.15) is 0 Å². The fourth-order valence-corrected chi connectivity index (χ4v) is 3.81. The average Bonchev–Trinajstić information content (AvgIpc) is 3.35. The van der Waals surface area contributed by atoms with Crippen LogP contribution in [0.5, 0.6) is 0 Å². The minimum Gasteiger partial charge on any atom is -0.352 e. The maximum Gasteiger partial charge on any atom is 0.251 e. The Morgan fingerprint density at radius 3 is 2.73 bits per heavy atom. The van der Waals surface area contributed by atoms with E-state index in [2.05, 4.69) is 29.6 Å². The van der Waals surface area contributed by atoms with Gasteiger partial charge in [-0.2, -0.15) is 0 Å². The third-order valence-corrected chi connectivity index (χ3v) is 5.41. The molecule has 2 fully saturated rings. The molecular formula is C22H24N2O2. The maximum atomic E-state index is 12.5. The van der Waals surface area contributed by atoms with E-state index in [1.807, 2.05) is 35.2 Å².